The molecule has 0 aliphatic heterocycles. The summed E-state index contributed by atoms with van der Waals surface area (Å²) in [4.78, 5) is 14.1. The van der Waals surface area contributed by atoms with Crippen LogP contribution in [0.5, 0.6) is 0 Å². The molecule has 5 heteroatoms. The van der Waals surface area contributed by atoms with Crippen molar-refractivity contribution in [1.29, 1.82) is 0 Å². The molecule has 110 valence electrons. The first-order chi connectivity index (χ1) is 9.95. The van der Waals surface area contributed by atoms with Crippen LogP contribution >= 0.6 is 15.9 Å². The van der Waals surface area contributed by atoms with E-state index in [-0.39, 0.29) is 5.91 Å². The number of nitrogens with one attached hydrogen (secondary N) is 1. The van der Waals surface area contributed by atoms with E-state index < -0.39 is 0 Å². The first kappa shape index (κ1) is 15.4. The average molecular weight is 348 g/mol. The van der Waals surface area contributed by atoms with Crippen molar-refractivity contribution >= 4 is 38.9 Å². The Morgan fingerprint density at radius 3 is 2.48 bits per heavy atom. The molecule has 0 saturated heterocycles. The molecule has 0 aliphatic rings. The zero-order valence-corrected chi connectivity index (χ0v) is 13.6. The molecule has 2 aromatic rings. The summed E-state index contributed by atoms with van der Waals surface area (Å²) in [5, 5.41) is 2.95. The van der Waals surface area contributed by atoms with E-state index >= 15 is 0 Å². The van der Waals surface area contributed by atoms with Gasteiger partial charge in [0.05, 0.1) is 17.8 Å². The van der Waals surface area contributed by atoms with Crippen molar-refractivity contribution in [2.24, 2.45) is 0 Å². The number of rotatable bonds is 4. The first-order valence-corrected chi connectivity index (χ1v) is 7.36. The van der Waals surface area contributed by atoms with Gasteiger partial charge in [-0.15, -0.1) is 0 Å². The van der Waals surface area contributed by atoms with Crippen molar-refractivity contribution in [2.45, 2.75) is 6.42 Å². The minimum atomic E-state index is -0.0547. The van der Waals surface area contributed by atoms with Crippen molar-refractivity contribution in [3.8, 4) is 0 Å². The van der Waals surface area contributed by atoms with Gasteiger partial charge in [-0.05, 0) is 35.9 Å². The van der Waals surface area contributed by atoms with Crippen molar-refractivity contribution < 1.29 is 4.79 Å². The summed E-state index contributed by atoms with van der Waals surface area (Å²) < 4.78 is 0.927. The van der Waals surface area contributed by atoms with Gasteiger partial charge < -0.3 is 16.0 Å². The lowest BCUT2D eigenvalue weighted by Gasteiger charge is -2.18. The highest BCUT2D eigenvalue weighted by molar-refractivity contribution is 9.10. The van der Waals surface area contributed by atoms with E-state index in [4.69, 9.17) is 5.73 Å². The number of nitrogens with two attached hydrogens (primary N) is 1. The van der Waals surface area contributed by atoms with Crippen LogP contribution in [0.2, 0.25) is 0 Å². The van der Waals surface area contributed by atoms with Gasteiger partial charge in [-0.3, -0.25) is 4.79 Å². The number of amides is 1. The molecule has 0 heterocycles. The fourth-order valence-corrected chi connectivity index (χ4v) is 2.37. The predicted octanol–water partition coefficient (Wildman–Crippen LogP) is 3.28. The normalized spacial score (nSPS) is 10.2. The summed E-state index contributed by atoms with van der Waals surface area (Å²) in [6.45, 7) is 0. The van der Waals surface area contributed by atoms with Crippen LogP contribution in [0, 0.1) is 0 Å². The van der Waals surface area contributed by atoms with Crippen LogP contribution in [0.4, 0.5) is 17.1 Å². The summed E-state index contributed by atoms with van der Waals surface area (Å²) in [7, 11) is 3.89. The average Bonchev–Trinajstić information content (AvgIpc) is 2.41. The molecule has 0 aromatic heterocycles. The molecule has 0 spiro atoms. The standard InChI is InChI=1S/C16H18BrN3O/c1-20(2)15-8-5-12(17)10-14(15)19-16(21)9-11-3-6-13(18)7-4-11/h3-8,10H,9,18H2,1-2H3,(H,19,21). The van der Waals surface area contributed by atoms with Crippen LogP contribution in [-0.4, -0.2) is 20.0 Å². The van der Waals surface area contributed by atoms with E-state index in [1.54, 1.807) is 12.1 Å². The van der Waals surface area contributed by atoms with E-state index in [2.05, 4.69) is 21.2 Å². The number of nitrogens with zero attached hydrogens (tertiary/aromatic N) is 1. The zero-order valence-electron chi connectivity index (χ0n) is 12.1. The third-order valence-electron chi connectivity index (χ3n) is 3.06. The van der Waals surface area contributed by atoms with Gasteiger partial charge in [0.15, 0.2) is 0 Å². The van der Waals surface area contributed by atoms with Crippen LogP contribution in [0.25, 0.3) is 0 Å². The quantitative estimate of drug-likeness (QED) is 0.834. The van der Waals surface area contributed by atoms with E-state index in [1.165, 1.54) is 0 Å². The zero-order chi connectivity index (χ0) is 15.4. The van der Waals surface area contributed by atoms with Crippen LogP contribution in [0.3, 0.4) is 0 Å². The van der Waals surface area contributed by atoms with Gasteiger partial charge in [-0.25, -0.2) is 0 Å². The maximum absolute atomic E-state index is 12.2. The van der Waals surface area contributed by atoms with Crippen molar-refractivity contribution in [3.63, 3.8) is 0 Å². The summed E-state index contributed by atoms with van der Waals surface area (Å²) in [6, 6.07) is 13.1. The molecular weight excluding hydrogens is 330 g/mol. The Morgan fingerprint density at radius 2 is 1.86 bits per heavy atom. The number of nitrogen functional groups attached to an aromatic ring is 1. The number of carbonyl (C=O) groups excluding carboxylic acids is 1. The van der Waals surface area contributed by atoms with Gasteiger partial charge in [-0.1, -0.05) is 28.1 Å². The van der Waals surface area contributed by atoms with Crippen LogP contribution in [0.1, 0.15) is 5.56 Å². The molecule has 3 N–H and O–H groups in total. The van der Waals surface area contributed by atoms with Crippen LogP contribution in [0.15, 0.2) is 46.9 Å². The van der Waals surface area contributed by atoms with Gasteiger partial charge in [0, 0.05) is 24.3 Å². The number of anilines is 3. The second-order valence-electron chi connectivity index (χ2n) is 5.02. The third-order valence-corrected chi connectivity index (χ3v) is 3.55. The lowest BCUT2D eigenvalue weighted by atomic mass is 10.1. The Morgan fingerprint density at radius 1 is 1.19 bits per heavy atom. The number of hydrogen-bond acceptors (Lipinski definition) is 3. The van der Waals surface area contributed by atoms with Gasteiger partial charge >= 0.3 is 0 Å². The second-order valence-corrected chi connectivity index (χ2v) is 5.94. The number of carbonyl (C=O) groups is 1. The topological polar surface area (TPSA) is 58.4 Å². The highest BCUT2D eigenvalue weighted by Crippen LogP contribution is 2.28. The monoisotopic (exact) mass is 347 g/mol. The Balaban J connectivity index is 2.12. The highest BCUT2D eigenvalue weighted by atomic mass is 79.9. The molecule has 0 aliphatic carbocycles. The van der Waals surface area contributed by atoms with E-state index in [0.29, 0.717) is 12.1 Å². The van der Waals surface area contributed by atoms with Gasteiger partial charge in [0.1, 0.15) is 0 Å². The third kappa shape index (κ3) is 4.23. The van der Waals surface area contributed by atoms with Gasteiger partial charge in [-0.2, -0.15) is 0 Å². The highest BCUT2D eigenvalue weighted by Gasteiger charge is 2.10. The molecule has 0 unspecified atom stereocenters. The molecule has 1 amide bonds. The SMILES string of the molecule is CN(C)c1ccc(Br)cc1NC(=O)Cc1ccc(N)cc1. The number of hydrogen-bond donors (Lipinski definition) is 2. The largest absolute Gasteiger partial charge is 0.399 e. The fraction of sp³-hybridized carbons (Fsp3) is 0.188. The van der Waals surface area contributed by atoms with Crippen LogP contribution < -0.4 is 16.0 Å². The maximum atomic E-state index is 12.2. The summed E-state index contributed by atoms with van der Waals surface area (Å²) >= 11 is 3.43. The van der Waals surface area contributed by atoms with Gasteiger partial charge in [0.2, 0.25) is 5.91 Å². The first-order valence-electron chi connectivity index (χ1n) is 6.57. The number of halogens is 1. The van der Waals surface area contributed by atoms with Crippen molar-refractivity contribution in [3.05, 3.63) is 52.5 Å². The summed E-state index contributed by atoms with van der Waals surface area (Å²) in [6.07, 6.45) is 0.319. The molecule has 0 saturated carbocycles. The summed E-state index contributed by atoms with van der Waals surface area (Å²) in [5.41, 5.74) is 9.02. The lowest BCUT2D eigenvalue weighted by Crippen LogP contribution is -2.18. The van der Waals surface area contributed by atoms with E-state index in [0.717, 1.165) is 21.4 Å². The summed E-state index contributed by atoms with van der Waals surface area (Å²) in [5.74, 6) is -0.0547. The Hall–Kier alpha value is -2.01. The molecule has 0 atom stereocenters. The minimum absolute atomic E-state index is 0.0547. The Kier molecular flexibility index (Phi) is 4.85. The second kappa shape index (κ2) is 6.63. The van der Waals surface area contributed by atoms with E-state index in [1.807, 2.05) is 49.3 Å². The molecule has 0 radical (unpaired) electrons. The van der Waals surface area contributed by atoms with Crippen LogP contribution in [-0.2, 0) is 11.2 Å². The molecular formula is C16H18BrN3O. The van der Waals surface area contributed by atoms with E-state index in [9.17, 15) is 4.79 Å². The predicted molar refractivity (Wildman–Crippen MR) is 91.7 cm³/mol. The maximum Gasteiger partial charge on any atom is 0.228 e. The van der Waals surface area contributed by atoms with Crippen molar-refractivity contribution in [1.82, 2.24) is 0 Å². The smallest absolute Gasteiger partial charge is 0.228 e. The molecule has 2 aromatic carbocycles. The lowest BCUT2D eigenvalue weighted by molar-refractivity contribution is -0.115. The minimum Gasteiger partial charge on any atom is -0.399 e. The van der Waals surface area contributed by atoms with Crippen molar-refractivity contribution in [2.75, 3.05) is 30.0 Å². The molecule has 0 fully saturated rings. The Labute approximate surface area is 133 Å². The molecule has 21 heavy (non-hydrogen) atoms. The fourth-order valence-electron chi connectivity index (χ4n) is 2.01. The molecule has 2 rings (SSSR count). The number of benzene rings is 2. The van der Waals surface area contributed by atoms with Gasteiger partial charge in [0.25, 0.3) is 0 Å². The molecule has 4 nitrogen and oxygen atoms in total. The Bertz CT molecular complexity index is 638. The molecule has 0 bridgehead atoms.